The van der Waals surface area contributed by atoms with Crippen molar-refractivity contribution in [1.29, 1.82) is 0 Å². The van der Waals surface area contributed by atoms with Gasteiger partial charge in [0, 0.05) is 16.5 Å². The number of sulfone groups is 1. The van der Waals surface area contributed by atoms with Crippen LogP contribution in [-0.4, -0.2) is 25.1 Å². The van der Waals surface area contributed by atoms with E-state index in [4.69, 9.17) is 0 Å². The number of rotatable bonds is 6. The highest BCUT2D eigenvalue weighted by Crippen LogP contribution is 2.26. The van der Waals surface area contributed by atoms with Crippen LogP contribution >= 0.6 is 11.3 Å². The van der Waals surface area contributed by atoms with Crippen LogP contribution in [0, 0.1) is 0 Å². The maximum Gasteiger partial charge on any atom is 0.257 e. The van der Waals surface area contributed by atoms with Crippen molar-refractivity contribution < 1.29 is 13.2 Å². The number of aromatic nitrogens is 1. The van der Waals surface area contributed by atoms with Gasteiger partial charge in [-0.3, -0.25) is 10.1 Å². The Morgan fingerprint density at radius 3 is 2.52 bits per heavy atom. The minimum atomic E-state index is -3.36. The highest BCUT2D eigenvalue weighted by atomic mass is 32.2. The number of nitrogens with zero attached hydrogens (tertiary/aromatic N) is 1. The lowest BCUT2D eigenvalue weighted by Gasteiger charge is -2.05. The van der Waals surface area contributed by atoms with E-state index in [0.717, 1.165) is 17.7 Å². The zero-order valence-corrected chi connectivity index (χ0v) is 16.7. The van der Waals surface area contributed by atoms with Gasteiger partial charge in [0.2, 0.25) is 0 Å². The summed E-state index contributed by atoms with van der Waals surface area (Å²) in [5, 5.41) is 5.10. The second kappa shape index (κ2) is 8.02. The highest BCUT2D eigenvalue weighted by molar-refractivity contribution is 7.91. The van der Waals surface area contributed by atoms with Crippen molar-refractivity contribution >= 4 is 32.2 Å². The van der Waals surface area contributed by atoms with Crippen LogP contribution in [0.25, 0.3) is 11.3 Å². The fourth-order valence-corrected chi connectivity index (χ4v) is 4.18. The number of aryl methyl sites for hydroxylation is 1. The molecule has 1 N–H and O–H groups in total. The van der Waals surface area contributed by atoms with E-state index in [1.807, 2.05) is 17.5 Å². The van der Waals surface area contributed by atoms with Crippen LogP contribution in [0.2, 0.25) is 0 Å². The van der Waals surface area contributed by atoms with Crippen molar-refractivity contribution in [3.05, 3.63) is 65.0 Å². The highest BCUT2D eigenvalue weighted by Gasteiger charge is 2.15. The van der Waals surface area contributed by atoms with E-state index in [1.54, 1.807) is 19.1 Å². The number of carbonyl (C=O) groups is 1. The Labute approximate surface area is 163 Å². The van der Waals surface area contributed by atoms with Crippen molar-refractivity contribution in [2.45, 2.75) is 25.2 Å². The maximum atomic E-state index is 12.5. The van der Waals surface area contributed by atoms with Crippen molar-refractivity contribution in [2.75, 3.05) is 11.1 Å². The topological polar surface area (TPSA) is 76.1 Å². The largest absolute Gasteiger partial charge is 0.298 e. The molecule has 3 aromatic rings. The molecule has 0 aliphatic heterocycles. The van der Waals surface area contributed by atoms with E-state index in [1.165, 1.54) is 29.0 Å². The maximum absolute atomic E-state index is 12.5. The second-order valence-electron chi connectivity index (χ2n) is 5.97. The molecule has 0 bridgehead atoms. The normalized spacial score (nSPS) is 11.3. The Hall–Kier alpha value is -2.51. The molecule has 3 rings (SSSR count). The fourth-order valence-electron chi connectivity index (χ4n) is 2.54. The number of thiazole rings is 1. The summed E-state index contributed by atoms with van der Waals surface area (Å²) in [5.41, 5.74) is 3.32. The van der Waals surface area contributed by atoms with E-state index < -0.39 is 9.84 Å². The summed E-state index contributed by atoms with van der Waals surface area (Å²) < 4.78 is 24.0. The van der Waals surface area contributed by atoms with Crippen LogP contribution in [0.1, 0.15) is 29.8 Å². The molecule has 0 unspecified atom stereocenters. The summed E-state index contributed by atoms with van der Waals surface area (Å²) in [5.74, 6) is -0.393. The van der Waals surface area contributed by atoms with E-state index in [0.29, 0.717) is 5.13 Å². The second-order valence-corrected chi connectivity index (χ2v) is 9.11. The van der Waals surface area contributed by atoms with Crippen LogP contribution in [0.4, 0.5) is 5.13 Å². The molecule has 1 aromatic heterocycles. The number of anilines is 1. The molecule has 1 amide bonds. The smallest absolute Gasteiger partial charge is 0.257 e. The van der Waals surface area contributed by atoms with Gasteiger partial charge in [0.05, 0.1) is 16.3 Å². The number of benzene rings is 2. The third kappa shape index (κ3) is 4.43. The van der Waals surface area contributed by atoms with Crippen molar-refractivity contribution in [3.8, 4) is 11.3 Å². The van der Waals surface area contributed by atoms with Crippen LogP contribution in [-0.2, 0) is 16.3 Å². The van der Waals surface area contributed by atoms with Crippen LogP contribution < -0.4 is 5.32 Å². The molecule has 0 fully saturated rings. The van der Waals surface area contributed by atoms with Crippen molar-refractivity contribution in [3.63, 3.8) is 0 Å². The first-order valence-corrected chi connectivity index (χ1v) is 11.1. The van der Waals surface area contributed by atoms with E-state index in [-0.39, 0.29) is 22.1 Å². The quantitative estimate of drug-likeness (QED) is 0.665. The Kier molecular flexibility index (Phi) is 5.72. The van der Waals surface area contributed by atoms with E-state index in [2.05, 4.69) is 29.4 Å². The van der Waals surface area contributed by atoms with Gasteiger partial charge >= 0.3 is 0 Å². The molecular formula is C20H20N2O3S2. The first-order chi connectivity index (χ1) is 12.9. The number of carbonyl (C=O) groups excluding carboxylic acids is 1. The lowest BCUT2D eigenvalue weighted by Crippen LogP contribution is -2.13. The lowest BCUT2D eigenvalue weighted by atomic mass is 10.1. The van der Waals surface area contributed by atoms with Crippen LogP contribution in [0.3, 0.4) is 0 Å². The number of amides is 1. The summed E-state index contributed by atoms with van der Waals surface area (Å²) in [6.07, 6.45) is 0.978. The summed E-state index contributed by atoms with van der Waals surface area (Å²) in [6.45, 7) is 3.68. The van der Waals surface area contributed by atoms with E-state index >= 15 is 0 Å². The molecule has 0 radical (unpaired) electrons. The number of hydrogen-bond acceptors (Lipinski definition) is 5. The first kappa shape index (κ1) is 19.3. The molecule has 0 saturated heterocycles. The predicted octanol–water partition coefficient (Wildman–Crippen LogP) is 4.42. The van der Waals surface area contributed by atoms with E-state index in [9.17, 15) is 13.2 Å². The Morgan fingerprint density at radius 2 is 1.85 bits per heavy atom. The summed E-state index contributed by atoms with van der Waals surface area (Å²) >= 11 is 1.33. The molecule has 140 valence electrons. The Bertz CT molecular complexity index is 1050. The van der Waals surface area contributed by atoms with Crippen molar-refractivity contribution in [2.24, 2.45) is 0 Å². The SMILES string of the molecule is CCc1ccc(-c2csc(NC(=O)c3cccc(S(=O)(=O)CC)c3)n2)cc1. The van der Waals surface area contributed by atoms with Gasteiger partial charge in [0.15, 0.2) is 15.0 Å². The molecule has 5 nitrogen and oxygen atoms in total. The fraction of sp³-hybridized carbons (Fsp3) is 0.200. The van der Waals surface area contributed by atoms with Gasteiger partial charge in [-0.2, -0.15) is 0 Å². The molecule has 0 spiro atoms. The first-order valence-electron chi connectivity index (χ1n) is 8.62. The number of nitrogens with one attached hydrogen (secondary N) is 1. The third-order valence-electron chi connectivity index (χ3n) is 4.22. The lowest BCUT2D eigenvalue weighted by molar-refractivity contribution is 0.102. The molecule has 0 aliphatic carbocycles. The average molecular weight is 401 g/mol. The number of hydrogen-bond donors (Lipinski definition) is 1. The predicted molar refractivity (Wildman–Crippen MR) is 109 cm³/mol. The van der Waals surface area contributed by atoms with Crippen LogP contribution in [0.15, 0.2) is 58.8 Å². The molecule has 0 aliphatic rings. The minimum absolute atomic E-state index is 0.00919. The standard InChI is InChI=1S/C20H20N2O3S2/c1-3-14-8-10-15(11-9-14)18-13-26-20(21-18)22-19(23)16-6-5-7-17(12-16)27(24,25)4-2/h5-13H,3-4H2,1-2H3,(H,21,22,23). The molecule has 0 atom stereocenters. The summed E-state index contributed by atoms with van der Waals surface area (Å²) in [6, 6.07) is 14.2. The molecular weight excluding hydrogens is 380 g/mol. The Morgan fingerprint density at radius 1 is 1.11 bits per heavy atom. The van der Waals surface area contributed by atoms with Gasteiger partial charge in [-0.15, -0.1) is 11.3 Å². The summed E-state index contributed by atoms with van der Waals surface area (Å²) in [4.78, 5) is 17.1. The molecule has 1 heterocycles. The van der Waals surface area contributed by atoms with Gasteiger partial charge < -0.3 is 0 Å². The summed E-state index contributed by atoms with van der Waals surface area (Å²) in [7, 11) is -3.36. The Balaban J connectivity index is 1.77. The monoisotopic (exact) mass is 400 g/mol. The third-order valence-corrected chi connectivity index (χ3v) is 6.71. The zero-order chi connectivity index (χ0) is 19.4. The molecule has 27 heavy (non-hydrogen) atoms. The van der Waals surface area contributed by atoms with Gasteiger partial charge in [-0.1, -0.05) is 44.2 Å². The molecule has 0 saturated carbocycles. The molecule has 2 aromatic carbocycles. The molecule has 7 heteroatoms. The zero-order valence-electron chi connectivity index (χ0n) is 15.1. The van der Waals surface area contributed by atoms with Crippen molar-refractivity contribution in [1.82, 2.24) is 4.98 Å². The van der Waals surface area contributed by atoms with Gasteiger partial charge in [0.25, 0.3) is 5.91 Å². The average Bonchev–Trinajstić information content (AvgIpc) is 3.16. The van der Waals surface area contributed by atoms with Gasteiger partial charge in [-0.25, -0.2) is 13.4 Å². The minimum Gasteiger partial charge on any atom is -0.298 e. The van der Waals surface area contributed by atoms with Gasteiger partial charge in [-0.05, 0) is 30.2 Å². The van der Waals surface area contributed by atoms with Gasteiger partial charge in [0.1, 0.15) is 0 Å². The van der Waals surface area contributed by atoms with Crippen LogP contribution in [0.5, 0.6) is 0 Å².